The predicted molar refractivity (Wildman–Crippen MR) is 88.6 cm³/mol. The van der Waals surface area contributed by atoms with Gasteiger partial charge in [0.15, 0.2) is 11.5 Å². The predicted octanol–water partition coefficient (Wildman–Crippen LogP) is 3.32. The Hall–Kier alpha value is -2.72. The molecule has 2 aromatic carbocycles. The molecule has 0 fully saturated rings. The van der Waals surface area contributed by atoms with Crippen LogP contribution < -0.4 is 5.73 Å². The Labute approximate surface area is 128 Å². The van der Waals surface area contributed by atoms with E-state index in [2.05, 4.69) is 45.8 Å². The quantitative estimate of drug-likeness (QED) is 0.615. The van der Waals surface area contributed by atoms with E-state index in [9.17, 15) is 0 Å². The van der Waals surface area contributed by atoms with Crippen molar-refractivity contribution in [2.75, 3.05) is 0 Å². The van der Waals surface area contributed by atoms with Crippen LogP contribution in [0.15, 0.2) is 54.6 Å². The first-order chi connectivity index (χ1) is 10.8. The molecule has 0 bridgehead atoms. The summed E-state index contributed by atoms with van der Waals surface area (Å²) in [5.74, 6) is 0.856. The van der Waals surface area contributed by atoms with Crippen molar-refractivity contribution in [3.05, 3.63) is 65.7 Å². The van der Waals surface area contributed by atoms with E-state index in [1.165, 1.54) is 10.9 Å². The lowest BCUT2D eigenvalue weighted by Crippen LogP contribution is -1.97. The smallest absolute Gasteiger partial charge is 0.168 e. The molecule has 2 aromatic heterocycles. The fraction of sp³-hybridized carbons (Fsp3) is 0.111. The zero-order chi connectivity index (χ0) is 15.1. The van der Waals surface area contributed by atoms with Gasteiger partial charge in [-0.25, -0.2) is 0 Å². The molecule has 0 aliphatic heterocycles. The van der Waals surface area contributed by atoms with Crippen LogP contribution in [0.4, 0.5) is 0 Å². The summed E-state index contributed by atoms with van der Waals surface area (Å²) in [4.78, 5) is 0. The molecule has 0 saturated heterocycles. The summed E-state index contributed by atoms with van der Waals surface area (Å²) in [6, 6.07) is 18.6. The van der Waals surface area contributed by atoms with Crippen LogP contribution in [0.2, 0.25) is 0 Å². The number of benzene rings is 2. The molecular weight excluding hydrogens is 272 g/mol. The number of hydrogen-bond acceptors (Lipinski definition) is 3. The molecule has 0 unspecified atom stereocenters. The number of aromatic nitrogens is 3. The van der Waals surface area contributed by atoms with Crippen molar-refractivity contribution >= 4 is 16.6 Å². The van der Waals surface area contributed by atoms with Crippen molar-refractivity contribution in [2.24, 2.45) is 5.73 Å². The zero-order valence-corrected chi connectivity index (χ0v) is 12.3. The van der Waals surface area contributed by atoms with Crippen LogP contribution in [0.3, 0.4) is 0 Å². The second-order valence-corrected chi connectivity index (χ2v) is 5.46. The molecule has 4 rings (SSSR count). The SMILES string of the molecule is Cc1cc2nnc(-c3ccc(CN)cc3)n2c2ccccc12. The van der Waals surface area contributed by atoms with E-state index in [0.717, 1.165) is 28.1 Å². The van der Waals surface area contributed by atoms with Crippen molar-refractivity contribution in [1.29, 1.82) is 0 Å². The zero-order valence-electron chi connectivity index (χ0n) is 12.3. The van der Waals surface area contributed by atoms with Gasteiger partial charge in [-0.15, -0.1) is 10.2 Å². The number of rotatable bonds is 2. The topological polar surface area (TPSA) is 56.2 Å². The van der Waals surface area contributed by atoms with Gasteiger partial charge < -0.3 is 5.73 Å². The molecule has 108 valence electrons. The van der Waals surface area contributed by atoms with Crippen LogP contribution >= 0.6 is 0 Å². The number of para-hydroxylation sites is 1. The Morgan fingerprint density at radius 2 is 1.77 bits per heavy atom. The van der Waals surface area contributed by atoms with Gasteiger partial charge in [0.2, 0.25) is 0 Å². The average Bonchev–Trinajstić information content (AvgIpc) is 2.99. The van der Waals surface area contributed by atoms with Gasteiger partial charge in [-0.2, -0.15) is 0 Å². The third-order valence-electron chi connectivity index (χ3n) is 4.05. The maximum Gasteiger partial charge on any atom is 0.168 e. The Kier molecular flexibility index (Phi) is 2.91. The highest BCUT2D eigenvalue weighted by Gasteiger charge is 2.12. The highest BCUT2D eigenvalue weighted by Crippen LogP contribution is 2.26. The van der Waals surface area contributed by atoms with Crippen molar-refractivity contribution < 1.29 is 0 Å². The summed E-state index contributed by atoms with van der Waals surface area (Å²) in [5.41, 5.74) is 11.0. The highest BCUT2D eigenvalue weighted by atomic mass is 15.2. The molecule has 0 spiro atoms. The summed E-state index contributed by atoms with van der Waals surface area (Å²) < 4.78 is 2.11. The van der Waals surface area contributed by atoms with Crippen LogP contribution in [-0.4, -0.2) is 14.6 Å². The fourth-order valence-corrected chi connectivity index (χ4v) is 2.88. The third-order valence-corrected chi connectivity index (χ3v) is 4.05. The fourth-order valence-electron chi connectivity index (χ4n) is 2.88. The lowest BCUT2D eigenvalue weighted by molar-refractivity contribution is 1.07. The molecule has 2 heterocycles. The highest BCUT2D eigenvalue weighted by molar-refractivity contribution is 5.87. The van der Waals surface area contributed by atoms with Crippen LogP contribution in [-0.2, 0) is 6.54 Å². The van der Waals surface area contributed by atoms with Crippen LogP contribution in [0.1, 0.15) is 11.1 Å². The summed E-state index contributed by atoms with van der Waals surface area (Å²) in [6.45, 7) is 2.65. The molecule has 0 saturated carbocycles. The molecule has 4 heteroatoms. The van der Waals surface area contributed by atoms with Crippen molar-refractivity contribution in [2.45, 2.75) is 13.5 Å². The van der Waals surface area contributed by atoms with E-state index in [0.29, 0.717) is 6.54 Å². The third kappa shape index (κ3) is 1.89. The molecule has 0 aliphatic carbocycles. The minimum atomic E-state index is 0.545. The Bertz CT molecular complexity index is 968. The van der Waals surface area contributed by atoms with Gasteiger partial charge in [0.05, 0.1) is 5.52 Å². The van der Waals surface area contributed by atoms with E-state index < -0.39 is 0 Å². The lowest BCUT2D eigenvalue weighted by Gasteiger charge is -2.08. The van der Waals surface area contributed by atoms with E-state index in [1.807, 2.05) is 30.3 Å². The molecule has 22 heavy (non-hydrogen) atoms. The molecule has 4 nitrogen and oxygen atoms in total. The Morgan fingerprint density at radius 3 is 2.55 bits per heavy atom. The second-order valence-electron chi connectivity index (χ2n) is 5.46. The number of aryl methyl sites for hydroxylation is 1. The second kappa shape index (κ2) is 4.93. The Balaban J connectivity index is 2.04. The van der Waals surface area contributed by atoms with E-state index in [-0.39, 0.29) is 0 Å². The van der Waals surface area contributed by atoms with Gasteiger partial charge in [-0.3, -0.25) is 4.40 Å². The van der Waals surface area contributed by atoms with Crippen molar-refractivity contribution in [3.8, 4) is 11.4 Å². The van der Waals surface area contributed by atoms with E-state index in [1.54, 1.807) is 0 Å². The molecule has 0 aliphatic rings. The number of fused-ring (bicyclic) bond motifs is 3. The minimum absolute atomic E-state index is 0.545. The Morgan fingerprint density at radius 1 is 1.00 bits per heavy atom. The molecule has 2 N–H and O–H groups in total. The first-order valence-electron chi connectivity index (χ1n) is 7.31. The summed E-state index contributed by atoms with van der Waals surface area (Å²) in [7, 11) is 0. The normalized spacial score (nSPS) is 11.4. The van der Waals surface area contributed by atoms with Crippen molar-refractivity contribution in [1.82, 2.24) is 14.6 Å². The maximum absolute atomic E-state index is 5.67. The van der Waals surface area contributed by atoms with Gasteiger partial charge in [0, 0.05) is 17.5 Å². The van der Waals surface area contributed by atoms with Crippen LogP contribution in [0, 0.1) is 6.92 Å². The van der Waals surface area contributed by atoms with Gasteiger partial charge in [0.25, 0.3) is 0 Å². The summed E-state index contributed by atoms with van der Waals surface area (Å²) in [6.07, 6.45) is 0. The van der Waals surface area contributed by atoms with E-state index >= 15 is 0 Å². The summed E-state index contributed by atoms with van der Waals surface area (Å²) in [5, 5.41) is 9.95. The van der Waals surface area contributed by atoms with Gasteiger partial charge in [-0.1, -0.05) is 42.5 Å². The number of hydrogen-bond donors (Lipinski definition) is 1. The average molecular weight is 288 g/mol. The van der Waals surface area contributed by atoms with Gasteiger partial charge in [-0.05, 0) is 30.2 Å². The number of nitrogens with zero attached hydrogens (tertiary/aromatic N) is 3. The molecule has 0 atom stereocenters. The van der Waals surface area contributed by atoms with Crippen LogP contribution in [0.5, 0.6) is 0 Å². The molecular formula is C18H16N4. The van der Waals surface area contributed by atoms with Crippen LogP contribution in [0.25, 0.3) is 27.9 Å². The largest absolute Gasteiger partial charge is 0.326 e. The summed E-state index contributed by atoms with van der Waals surface area (Å²) >= 11 is 0. The lowest BCUT2D eigenvalue weighted by atomic mass is 10.1. The van der Waals surface area contributed by atoms with Crippen molar-refractivity contribution in [3.63, 3.8) is 0 Å². The van der Waals surface area contributed by atoms with Gasteiger partial charge in [0.1, 0.15) is 0 Å². The first-order valence-corrected chi connectivity index (χ1v) is 7.31. The monoisotopic (exact) mass is 288 g/mol. The minimum Gasteiger partial charge on any atom is -0.326 e. The molecule has 0 amide bonds. The number of nitrogens with two attached hydrogens (primary N) is 1. The molecule has 4 aromatic rings. The first kappa shape index (κ1) is 13.0. The number of pyridine rings is 1. The standard InChI is InChI=1S/C18H16N4/c1-12-10-17-20-21-18(14-8-6-13(11-19)7-9-14)22(17)16-5-3-2-4-15(12)16/h2-10H,11,19H2,1H3. The van der Waals surface area contributed by atoms with Gasteiger partial charge >= 0.3 is 0 Å². The maximum atomic E-state index is 5.67. The molecule has 0 radical (unpaired) electrons. The van der Waals surface area contributed by atoms with E-state index in [4.69, 9.17) is 5.73 Å².